The number of nitrogens with zero attached hydrogens (tertiary/aromatic N) is 2. The predicted octanol–water partition coefficient (Wildman–Crippen LogP) is 2.37. The second kappa shape index (κ2) is 8.53. The lowest BCUT2D eigenvalue weighted by atomic mass is 9.89. The lowest BCUT2D eigenvalue weighted by molar-refractivity contribution is -0.123. The van der Waals surface area contributed by atoms with Crippen molar-refractivity contribution in [2.45, 2.75) is 63.5 Å². The highest BCUT2D eigenvalue weighted by Crippen LogP contribution is 2.31. The quantitative estimate of drug-likeness (QED) is 0.799. The Morgan fingerprint density at radius 1 is 1.45 bits per heavy atom. The Balaban J connectivity index is 1.88. The van der Waals surface area contributed by atoms with Crippen molar-refractivity contribution in [3.63, 3.8) is 0 Å². The van der Waals surface area contributed by atoms with Crippen LogP contribution in [0.15, 0.2) is 4.52 Å². The number of carbonyl (C=O) groups is 1. The van der Waals surface area contributed by atoms with Gasteiger partial charge in [-0.1, -0.05) is 24.4 Å². The Bertz CT molecular complexity index is 474. The van der Waals surface area contributed by atoms with Gasteiger partial charge in [0.25, 0.3) is 0 Å². The molecule has 1 aliphatic carbocycles. The van der Waals surface area contributed by atoms with Gasteiger partial charge in [0.05, 0.1) is 6.04 Å². The molecule has 1 aromatic rings. The van der Waals surface area contributed by atoms with Gasteiger partial charge in [0.1, 0.15) is 6.04 Å². The minimum absolute atomic E-state index is 0.168. The zero-order chi connectivity index (χ0) is 15.9. The number of amides is 1. The summed E-state index contributed by atoms with van der Waals surface area (Å²) in [4.78, 5) is 16.5. The normalized spacial score (nSPS) is 18.9. The van der Waals surface area contributed by atoms with Gasteiger partial charge >= 0.3 is 0 Å². The molecule has 0 spiro atoms. The van der Waals surface area contributed by atoms with Crippen molar-refractivity contribution in [2.24, 2.45) is 5.73 Å². The van der Waals surface area contributed by atoms with Gasteiger partial charge < -0.3 is 15.6 Å². The van der Waals surface area contributed by atoms with E-state index >= 15 is 0 Å². The summed E-state index contributed by atoms with van der Waals surface area (Å²) in [6.45, 7) is 1.84. The Kier molecular flexibility index (Phi) is 6.70. The molecule has 0 aromatic carbocycles. The van der Waals surface area contributed by atoms with Gasteiger partial charge in [0.15, 0.2) is 5.82 Å². The zero-order valence-corrected chi connectivity index (χ0v) is 14.2. The van der Waals surface area contributed by atoms with Crippen molar-refractivity contribution in [3.05, 3.63) is 11.7 Å². The smallest absolute Gasteiger partial charge is 0.248 e. The van der Waals surface area contributed by atoms with E-state index in [9.17, 15) is 4.79 Å². The number of rotatable bonds is 7. The van der Waals surface area contributed by atoms with Crippen LogP contribution in [0.25, 0.3) is 0 Å². The van der Waals surface area contributed by atoms with Crippen molar-refractivity contribution < 1.29 is 9.32 Å². The van der Waals surface area contributed by atoms with Gasteiger partial charge in [-0.05, 0) is 38.2 Å². The molecular weight excluding hydrogens is 300 g/mol. The summed E-state index contributed by atoms with van der Waals surface area (Å²) in [6.07, 6.45) is 8.66. The maximum absolute atomic E-state index is 12.0. The molecule has 6 nitrogen and oxygen atoms in total. The molecule has 0 aliphatic heterocycles. The standard InChI is InChI=1S/C15H26N4O2S/c1-10(17-14(20)12(16)8-9-22-2)15-18-13(19-21-15)11-6-4-3-5-7-11/h10-12H,3-9,16H2,1-2H3,(H,17,20)/t10?,12-/m0/s1. The Labute approximate surface area is 136 Å². The number of thioether (sulfide) groups is 1. The van der Waals surface area contributed by atoms with Crippen molar-refractivity contribution in [1.29, 1.82) is 0 Å². The first-order valence-electron chi connectivity index (χ1n) is 8.00. The van der Waals surface area contributed by atoms with Gasteiger partial charge in [-0.25, -0.2) is 0 Å². The van der Waals surface area contributed by atoms with E-state index in [0.29, 0.717) is 18.2 Å². The highest BCUT2D eigenvalue weighted by molar-refractivity contribution is 7.98. The van der Waals surface area contributed by atoms with Gasteiger partial charge in [0, 0.05) is 5.92 Å². The van der Waals surface area contributed by atoms with E-state index in [-0.39, 0.29) is 11.9 Å². The fourth-order valence-electron chi connectivity index (χ4n) is 2.71. The van der Waals surface area contributed by atoms with Crippen molar-refractivity contribution in [2.75, 3.05) is 12.0 Å². The molecule has 7 heteroatoms. The molecule has 1 aliphatic rings. The first-order chi connectivity index (χ1) is 10.6. The first kappa shape index (κ1) is 17.3. The molecule has 1 saturated carbocycles. The third-order valence-electron chi connectivity index (χ3n) is 4.13. The minimum atomic E-state index is -0.490. The van der Waals surface area contributed by atoms with E-state index < -0.39 is 6.04 Å². The molecule has 0 radical (unpaired) electrons. The number of hydrogen-bond donors (Lipinski definition) is 2. The maximum atomic E-state index is 12.0. The molecule has 1 amide bonds. The molecule has 1 fully saturated rings. The summed E-state index contributed by atoms with van der Waals surface area (Å²) >= 11 is 1.68. The number of nitrogens with two attached hydrogens (primary N) is 1. The third-order valence-corrected chi connectivity index (χ3v) is 4.77. The summed E-state index contributed by atoms with van der Waals surface area (Å²) in [5.41, 5.74) is 5.86. The van der Waals surface area contributed by atoms with Crippen LogP contribution in [0.5, 0.6) is 0 Å². The van der Waals surface area contributed by atoms with E-state index in [0.717, 1.165) is 24.4 Å². The molecular formula is C15H26N4O2S. The van der Waals surface area contributed by atoms with Crippen LogP contribution in [0.4, 0.5) is 0 Å². The predicted molar refractivity (Wildman–Crippen MR) is 87.7 cm³/mol. The first-order valence-corrected chi connectivity index (χ1v) is 9.39. The fourth-order valence-corrected chi connectivity index (χ4v) is 3.20. The number of carbonyl (C=O) groups excluding carboxylic acids is 1. The minimum Gasteiger partial charge on any atom is -0.343 e. The Morgan fingerprint density at radius 3 is 2.86 bits per heavy atom. The van der Waals surface area contributed by atoms with Gasteiger partial charge in [0.2, 0.25) is 11.8 Å². The van der Waals surface area contributed by atoms with Gasteiger partial charge in [-0.3, -0.25) is 4.79 Å². The summed E-state index contributed by atoms with van der Waals surface area (Å²) in [7, 11) is 0. The summed E-state index contributed by atoms with van der Waals surface area (Å²) in [5.74, 6) is 2.35. The summed E-state index contributed by atoms with van der Waals surface area (Å²) in [5, 5.41) is 6.94. The van der Waals surface area contributed by atoms with Crippen LogP contribution in [0.1, 0.15) is 69.1 Å². The van der Waals surface area contributed by atoms with E-state index in [1.54, 1.807) is 11.8 Å². The van der Waals surface area contributed by atoms with Crippen LogP contribution in [0, 0.1) is 0 Å². The van der Waals surface area contributed by atoms with Crippen LogP contribution >= 0.6 is 11.8 Å². The molecule has 2 rings (SSSR count). The van der Waals surface area contributed by atoms with Crippen LogP contribution < -0.4 is 11.1 Å². The van der Waals surface area contributed by atoms with E-state index in [2.05, 4.69) is 15.5 Å². The fraction of sp³-hybridized carbons (Fsp3) is 0.800. The molecule has 22 heavy (non-hydrogen) atoms. The van der Waals surface area contributed by atoms with Gasteiger partial charge in [-0.15, -0.1) is 0 Å². The number of nitrogens with one attached hydrogen (secondary N) is 1. The molecule has 1 unspecified atom stereocenters. The molecule has 124 valence electrons. The van der Waals surface area contributed by atoms with Gasteiger partial charge in [-0.2, -0.15) is 16.7 Å². The molecule has 2 atom stereocenters. The zero-order valence-electron chi connectivity index (χ0n) is 13.4. The molecule has 0 bridgehead atoms. The van der Waals surface area contributed by atoms with Crippen LogP contribution in [-0.2, 0) is 4.79 Å². The molecule has 1 heterocycles. The monoisotopic (exact) mass is 326 g/mol. The Hall–Kier alpha value is -1.08. The Morgan fingerprint density at radius 2 is 2.18 bits per heavy atom. The summed E-state index contributed by atoms with van der Waals surface area (Å²) < 4.78 is 5.32. The van der Waals surface area contributed by atoms with Crippen LogP contribution in [0.3, 0.4) is 0 Å². The van der Waals surface area contributed by atoms with Crippen molar-refractivity contribution in [3.8, 4) is 0 Å². The lowest BCUT2D eigenvalue weighted by Gasteiger charge is -2.17. The lowest BCUT2D eigenvalue weighted by Crippen LogP contribution is -2.42. The number of aromatic nitrogens is 2. The average molecular weight is 326 g/mol. The van der Waals surface area contributed by atoms with E-state index in [4.69, 9.17) is 10.3 Å². The second-order valence-electron chi connectivity index (χ2n) is 5.94. The van der Waals surface area contributed by atoms with Crippen molar-refractivity contribution >= 4 is 17.7 Å². The second-order valence-corrected chi connectivity index (χ2v) is 6.93. The van der Waals surface area contributed by atoms with E-state index in [1.807, 2.05) is 13.2 Å². The summed E-state index contributed by atoms with van der Waals surface area (Å²) in [6, 6.07) is -0.798. The largest absolute Gasteiger partial charge is 0.343 e. The molecule has 1 aromatic heterocycles. The highest BCUT2D eigenvalue weighted by atomic mass is 32.2. The SMILES string of the molecule is CSCC[C@H](N)C(=O)NC(C)c1nc(C2CCCCC2)no1. The topological polar surface area (TPSA) is 94.0 Å². The molecule has 0 saturated heterocycles. The number of hydrogen-bond acceptors (Lipinski definition) is 6. The van der Waals surface area contributed by atoms with Crippen molar-refractivity contribution in [1.82, 2.24) is 15.5 Å². The van der Waals surface area contributed by atoms with Crippen LogP contribution in [0.2, 0.25) is 0 Å². The highest BCUT2D eigenvalue weighted by Gasteiger charge is 2.24. The van der Waals surface area contributed by atoms with Crippen LogP contribution in [-0.4, -0.2) is 34.1 Å². The third kappa shape index (κ3) is 4.71. The average Bonchev–Trinajstić information content (AvgIpc) is 3.03. The maximum Gasteiger partial charge on any atom is 0.248 e. The molecule has 3 N–H and O–H groups in total. The van der Waals surface area contributed by atoms with E-state index in [1.165, 1.54) is 19.3 Å².